The van der Waals surface area contributed by atoms with E-state index < -0.39 is 0 Å². The van der Waals surface area contributed by atoms with Gasteiger partial charge in [-0.1, -0.05) is 23.8 Å². The van der Waals surface area contributed by atoms with Gasteiger partial charge in [0, 0.05) is 17.3 Å². The van der Waals surface area contributed by atoms with Gasteiger partial charge in [0.2, 0.25) is 0 Å². The fourth-order valence-electron chi connectivity index (χ4n) is 0.656. The molecule has 0 aliphatic rings. The Labute approximate surface area is 93.1 Å². The van der Waals surface area contributed by atoms with E-state index >= 15 is 0 Å². The second-order valence-electron chi connectivity index (χ2n) is 2.11. The molecule has 0 saturated heterocycles. The molecule has 0 rings (SSSR count). The molecule has 0 fully saturated rings. The Hall–Kier alpha value is 0.640. The first-order chi connectivity index (χ1) is 5.76. The molecule has 0 spiro atoms. The van der Waals surface area contributed by atoms with E-state index in [1.807, 2.05) is 0 Å². The molecule has 0 bridgehead atoms. The average Bonchev–Trinajstić information content (AvgIpc) is 2.10. The molecule has 70 valence electrons. The van der Waals surface area contributed by atoms with Crippen LogP contribution < -0.4 is 0 Å². The molecule has 0 aliphatic carbocycles. The Bertz CT molecular complexity index is 162. The van der Waals surface area contributed by atoms with E-state index in [-0.39, 0.29) is 5.38 Å². The van der Waals surface area contributed by atoms with E-state index in [1.165, 1.54) is 5.54 Å². The molecular formula is C8H10Cl4. The minimum Gasteiger partial charge on any atom is -0.126 e. The van der Waals surface area contributed by atoms with Gasteiger partial charge < -0.3 is 0 Å². The van der Waals surface area contributed by atoms with Gasteiger partial charge >= 0.3 is 0 Å². The van der Waals surface area contributed by atoms with Crippen LogP contribution in [0.3, 0.4) is 0 Å². The molecule has 0 aromatic carbocycles. The number of halogens is 4. The van der Waals surface area contributed by atoms with Crippen LogP contribution in [0.5, 0.6) is 0 Å². The van der Waals surface area contributed by atoms with Gasteiger partial charge in [0.25, 0.3) is 0 Å². The lowest BCUT2D eigenvalue weighted by molar-refractivity contribution is 1.05. The van der Waals surface area contributed by atoms with E-state index in [2.05, 4.69) is 0 Å². The fourth-order valence-corrected chi connectivity index (χ4v) is 1.56. The molecular weight excluding hydrogens is 238 g/mol. The predicted octanol–water partition coefficient (Wildman–Crippen LogP) is 4.14. The first-order valence-electron chi connectivity index (χ1n) is 3.48. The van der Waals surface area contributed by atoms with Gasteiger partial charge in [-0.2, -0.15) is 0 Å². The van der Waals surface area contributed by atoms with Crippen molar-refractivity contribution in [1.29, 1.82) is 0 Å². The van der Waals surface area contributed by atoms with Crippen molar-refractivity contribution < 1.29 is 0 Å². The Kier molecular flexibility index (Phi) is 8.69. The summed E-state index contributed by atoms with van der Waals surface area (Å²) in [6.45, 7) is 0. The Morgan fingerprint density at radius 3 is 2.42 bits per heavy atom. The summed E-state index contributed by atoms with van der Waals surface area (Å²) in [5.74, 6) is 0.982. The van der Waals surface area contributed by atoms with Crippen molar-refractivity contribution >= 4 is 46.4 Å². The molecule has 4 heteroatoms. The molecule has 0 aliphatic heterocycles. The maximum Gasteiger partial charge on any atom is 0.0738 e. The third-order valence-electron chi connectivity index (χ3n) is 1.27. The third-order valence-corrected chi connectivity index (χ3v) is 2.34. The summed E-state index contributed by atoms with van der Waals surface area (Å²) in [4.78, 5) is 0. The summed E-state index contributed by atoms with van der Waals surface area (Å²) >= 11 is 22.5. The van der Waals surface area contributed by atoms with Gasteiger partial charge in [0.05, 0.1) is 5.38 Å². The monoisotopic (exact) mass is 246 g/mol. The Balaban J connectivity index is 4.03. The zero-order valence-electron chi connectivity index (χ0n) is 6.44. The van der Waals surface area contributed by atoms with Crippen molar-refractivity contribution in [3.63, 3.8) is 0 Å². The predicted molar refractivity (Wildman–Crippen MR) is 58.8 cm³/mol. The van der Waals surface area contributed by atoms with Crippen molar-refractivity contribution in [3.8, 4) is 0 Å². The number of hydrogen-bond acceptors (Lipinski definition) is 0. The van der Waals surface area contributed by atoms with Gasteiger partial charge in [0.1, 0.15) is 0 Å². The average molecular weight is 248 g/mol. The molecule has 0 aromatic heterocycles. The fraction of sp³-hybridized carbons (Fsp3) is 0.500. The second-order valence-corrected chi connectivity index (χ2v) is 3.48. The van der Waals surface area contributed by atoms with Crippen LogP contribution in [0, 0.1) is 0 Å². The smallest absolute Gasteiger partial charge is 0.0738 e. The normalized spacial score (nSPS) is 15.5. The maximum absolute atomic E-state index is 5.95. The summed E-state index contributed by atoms with van der Waals surface area (Å²) in [7, 11) is 0. The highest BCUT2D eigenvalue weighted by Gasteiger charge is 2.05. The highest BCUT2D eigenvalue weighted by Crippen LogP contribution is 2.17. The summed E-state index contributed by atoms with van der Waals surface area (Å²) in [5.41, 5.74) is 2.38. The minimum absolute atomic E-state index is 0.194. The van der Waals surface area contributed by atoms with Crippen LogP contribution in [-0.4, -0.2) is 17.1 Å². The first kappa shape index (κ1) is 12.6. The third kappa shape index (κ3) is 5.31. The molecule has 0 radical (unpaired) electrons. The van der Waals surface area contributed by atoms with Crippen LogP contribution in [0.15, 0.2) is 23.3 Å². The molecule has 12 heavy (non-hydrogen) atoms. The highest BCUT2D eigenvalue weighted by atomic mass is 35.5. The quantitative estimate of drug-likeness (QED) is 0.506. The lowest BCUT2D eigenvalue weighted by Crippen LogP contribution is -1.99. The summed E-state index contributed by atoms with van der Waals surface area (Å²) in [5, 5.41) is -0.194. The van der Waals surface area contributed by atoms with Gasteiger partial charge in [-0.15, -0.1) is 34.8 Å². The molecule has 1 atom stereocenters. The SMILES string of the molecule is Cl/C=C(\CCCl)C(Cl)C=CCCl. The largest absolute Gasteiger partial charge is 0.126 e. The number of hydrogen-bond donors (Lipinski definition) is 0. The molecule has 1 unspecified atom stereocenters. The van der Waals surface area contributed by atoms with E-state index in [0.717, 1.165) is 5.57 Å². The van der Waals surface area contributed by atoms with Crippen molar-refractivity contribution in [2.75, 3.05) is 11.8 Å². The first-order valence-corrected chi connectivity index (χ1v) is 5.42. The zero-order chi connectivity index (χ0) is 9.40. The van der Waals surface area contributed by atoms with E-state index in [1.54, 1.807) is 12.2 Å². The van der Waals surface area contributed by atoms with Crippen molar-refractivity contribution in [2.24, 2.45) is 0 Å². The number of alkyl halides is 3. The summed E-state index contributed by atoms with van der Waals surface area (Å²) in [6.07, 6.45) is 4.29. The maximum atomic E-state index is 5.95. The van der Waals surface area contributed by atoms with Crippen LogP contribution in [-0.2, 0) is 0 Å². The number of allylic oxidation sites excluding steroid dienone is 3. The van der Waals surface area contributed by atoms with Crippen LogP contribution in [0.4, 0.5) is 0 Å². The lowest BCUT2D eigenvalue weighted by atomic mass is 10.1. The van der Waals surface area contributed by atoms with Crippen LogP contribution in [0.1, 0.15) is 6.42 Å². The van der Waals surface area contributed by atoms with Crippen LogP contribution in [0.2, 0.25) is 0 Å². The zero-order valence-corrected chi connectivity index (χ0v) is 9.47. The van der Waals surface area contributed by atoms with Crippen molar-refractivity contribution in [2.45, 2.75) is 11.8 Å². The molecule has 0 aromatic rings. The second kappa shape index (κ2) is 8.25. The van der Waals surface area contributed by atoms with Crippen LogP contribution in [0.25, 0.3) is 0 Å². The Morgan fingerprint density at radius 2 is 2.00 bits per heavy atom. The van der Waals surface area contributed by atoms with E-state index in [9.17, 15) is 0 Å². The van der Waals surface area contributed by atoms with Gasteiger partial charge in [-0.25, -0.2) is 0 Å². The topological polar surface area (TPSA) is 0 Å². The molecule has 0 N–H and O–H groups in total. The van der Waals surface area contributed by atoms with Crippen molar-refractivity contribution in [3.05, 3.63) is 23.3 Å². The van der Waals surface area contributed by atoms with Crippen LogP contribution >= 0.6 is 46.4 Å². The van der Waals surface area contributed by atoms with Gasteiger partial charge in [-0.3, -0.25) is 0 Å². The standard InChI is InChI=1S/C8H10Cl4/c9-4-1-2-8(12)7(6-11)3-5-10/h1-2,6,8H,3-5H2/b2-1?,7-6+. The van der Waals surface area contributed by atoms with Gasteiger partial charge in [-0.05, 0) is 12.0 Å². The minimum atomic E-state index is -0.194. The summed E-state index contributed by atoms with van der Waals surface area (Å²) in [6, 6.07) is 0. The summed E-state index contributed by atoms with van der Waals surface area (Å²) < 4.78 is 0. The molecule has 0 saturated carbocycles. The Morgan fingerprint density at radius 1 is 1.33 bits per heavy atom. The molecule has 0 heterocycles. The molecule has 0 nitrogen and oxygen atoms in total. The van der Waals surface area contributed by atoms with Crippen molar-refractivity contribution in [1.82, 2.24) is 0 Å². The highest BCUT2D eigenvalue weighted by molar-refractivity contribution is 6.28. The number of rotatable bonds is 5. The molecule has 0 amide bonds. The van der Waals surface area contributed by atoms with E-state index in [0.29, 0.717) is 18.2 Å². The lowest BCUT2D eigenvalue weighted by Gasteiger charge is -2.06. The van der Waals surface area contributed by atoms with E-state index in [4.69, 9.17) is 46.4 Å². The van der Waals surface area contributed by atoms with Gasteiger partial charge in [0.15, 0.2) is 0 Å².